The summed E-state index contributed by atoms with van der Waals surface area (Å²) in [6, 6.07) is 2.85. The molecule has 2 bridgehead atoms. The van der Waals surface area contributed by atoms with Gasteiger partial charge in [0, 0.05) is 15.4 Å². The lowest BCUT2D eigenvalue weighted by Crippen LogP contribution is -2.38. The zero-order valence-corrected chi connectivity index (χ0v) is 12.7. The lowest BCUT2D eigenvalue weighted by Gasteiger charge is -2.30. The van der Waals surface area contributed by atoms with Gasteiger partial charge < -0.3 is 5.32 Å². The van der Waals surface area contributed by atoms with Crippen LogP contribution in [-0.2, 0) is 6.42 Å². The zero-order valence-electron chi connectivity index (χ0n) is 10.3. The fraction of sp³-hybridized carbons (Fsp3) is 0.714. The molecule has 0 aliphatic heterocycles. The smallest absolute Gasteiger partial charge is 0.0314 e. The maximum atomic E-state index is 3.66. The van der Waals surface area contributed by atoms with Crippen LogP contribution in [0.25, 0.3) is 0 Å². The Bertz CT molecular complexity index is 389. The summed E-state index contributed by atoms with van der Waals surface area (Å²) in [5, 5.41) is 5.77. The molecule has 3 heteroatoms. The first-order chi connectivity index (χ1) is 8.28. The molecule has 2 aliphatic carbocycles. The quantitative estimate of drug-likeness (QED) is 0.883. The second-order valence-electron chi connectivity index (χ2n) is 5.63. The average molecular weight is 314 g/mol. The number of hydrogen-bond acceptors (Lipinski definition) is 2. The summed E-state index contributed by atoms with van der Waals surface area (Å²) in [6.07, 6.45) is 7.16. The van der Waals surface area contributed by atoms with Gasteiger partial charge in [0.2, 0.25) is 0 Å². The van der Waals surface area contributed by atoms with E-state index in [1.165, 1.54) is 41.5 Å². The number of halogens is 1. The fourth-order valence-corrected chi connectivity index (χ4v) is 5.50. The maximum Gasteiger partial charge on any atom is 0.0314 e. The topological polar surface area (TPSA) is 12.0 Å². The van der Waals surface area contributed by atoms with E-state index in [0.717, 1.165) is 17.8 Å². The van der Waals surface area contributed by atoms with Gasteiger partial charge in [0.1, 0.15) is 0 Å². The Labute approximate surface area is 116 Å². The maximum absolute atomic E-state index is 3.66. The van der Waals surface area contributed by atoms with Gasteiger partial charge in [-0.3, -0.25) is 0 Å². The number of thiophene rings is 1. The SMILES string of the molecule is CNC(Cc1sccc1Br)C1CC2CCC1C2. The van der Waals surface area contributed by atoms with Crippen LogP contribution in [0.1, 0.15) is 30.6 Å². The van der Waals surface area contributed by atoms with E-state index >= 15 is 0 Å². The molecule has 1 heterocycles. The molecule has 4 atom stereocenters. The molecular formula is C14H20BrNS. The Hall–Kier alpha value is 0.140. The van der Waals surface area contributed by atoms with Gasteiger partial charge >= 0.3 is 0 Å². The third kappa shape index (κ3) is 2.34. The number of nitrogens with one attached hydrogen (secondary N) is 1. The molecule has 0 amide bonds. The largest absolute Gasteiger partial charge is 0.316 e. The highest BCUT2D eigenvalue weighted by Crippen LogP contribution is 2.50. The van der Waals surface area contributed by atoms with Gasteiger partial charge in [0.05, 0.1) is 0 Å². The normalized spacial score (nSPS) is 33.2. The van der Waals surface area contributed by atoms with Crippen molar-refractivity contribution >= 4 is 27.3 Å². The van der Waals surface area contributed by atoms with E-state index in [4.69, 9.17) is 0 Å². The minimum Gasteiger partial charge on any atom is -0.316 e. The highest BCUT2D eigenvalue weighted by molar-refractivity contribution is 9.10. The predicted molar refractivity (Wildman–Crippen MR) is 77.5 cm³/mol. The fourth-order valence-electron chi connectivity index (χ4n) is 3.92. The molecule has 2 aliphatic rings. The molecular weight excluding hydrogens is 294 g/mol. The Kier molecular flexibility index (Phi) is 3.60. The third-order valence-electron chi connectivity index (χ3n) is 4.78. The molecule has 0 aromatic carbocycles. The van der Waals surface area contributed by atoms with Gasteiger partial charge in [-0.05, 0) is 77.9 Å². The second kappa shape index (κ2) is 5.02. The number of fused-ring (bicyclic) bond motifs is 2. The molecule has 0 spiro atoms. The van der Waals surface area contributed by atoms with Crippen molar-refractivity contribution in [1.29, 1.82) is 0 Å². The number of likely N-dealkylation sites (N-methyl/N-ethyl adjacent to an activating group) is 1. The van der Waals surface area contributed by atoms with Gasteiger partial charge in [-0.2, -0.15) is 0 Å². The van der Waals surface area contributed by atoms with Crippen LogP contribution in [-0.4, -0.2) is 13.1 Å². The summed E-state index contributed by atoms with van der Waals surface area (Å²) >= 11 is 5.54. The van der Waals surface area contributed by atoms with E-state index in [-0.39, 0.29) is 0 Å². The minimum absolute atomic E-state index is 0.681. The summed E-state index contributed by atoms with van der Waals surface area (Å²) < 4.78 is 1.30. The van der Waals surface area contributed by atoms with Gasteiger partial charge in [-0.1, -0.05) is 6.42 Å². The first kappa shape index (κ1) is 12.2. The van der Waals surface area contributed by atoms with Crippen molar-refractivity contribution in [2.45, 2.75) is 38.1 Å². The monoisotopic (exact) mass is 313 g/mol. The van der Waals surface area contributed by atoms with E-state index in [9.17, 15) is 0 Å². The van der Waals surface area contributed by atoms with E-state index in [1.807, 2.05) is 11.3 Å². The molecule has 0 saturated heterocycles. The summed E-state index contributed by atoms with van der Waals surface area (Å²) in [6.45, 7) is 0. The average Bonchev–Trinajstić information content (AvgIpc) is 3.02. The molecule has 1 aromatic heterocycles. The Morgan fingerprint density at radius 1 is 1.47 bits per heavy atom. The van der Waals surface area contributed by atoms with Crippen LogP contribution in [0.3, 0.4) is 0 Å². The highest BCUT2D eigenvalue weighted by Gasteiger charge is 2.42. The van der Waals surface area contributed by atoms with Crippen LogP contribution in [0.4, 0.5) is 0 Å². The molecule has 1 aromatic rings. The Morgan fingerprint density at radius 3 is 2.88 bits per heavy atom. The number of hydrogen-bond donors (Lipinski definition) is 1. The van der Waals surface area contributed by atoms with Crippen molar-refractivity contribution in [3.05, 3.63) is 20.8 Å². The molecule has 2 saturated carbocycles. The summed E-state index contributed by atoms with van der Waals surface area (Å²) in [7, 11) is 2.14. The summed E-state index contributed by atoms with van der Waals surface area (Å²) in [4.78, 5) is 1.51. The molecule has 1 nitrogen and oxygen atoms in total. The summed E-state index contributed by atoms with van der Waals surface area (Å²) in [5.74, 6) is 2.98. The first-order valence-electron chi connectivity index (χ1n) is 6.67. The van der Waals surface area contributed by atoms with Gasteiger partial charge in [-0.15, -0.1) is 11.3 Å². The van der Waals surface area contributed by atoms with Crippen LogP contribution >= 0.6 is 27.3 Å². The molecule has 1 N–H and O–H groups in total. The van der Waals surface area contributed by atoms with Crippen molar-refractivity contribution in [3.63, 3.8) is 0 Å². The lowest BCUT2D eigenvalue weighted by molar-refractivity contribution is 0.256. The standard InChI is InChI=1S/C14H20BrNS/c1-16-13(8-14-12(15)4-5-17-14)11-7-9-2-3-10(11)6-9/h4-5,9-11,13,16H,2-3,6-8H2,1H3. The van der Waals surface area contributed by atoms with E-state index in [0.29, 0.717) is 6.04 Å². The van der Waals surface area contributed by atoms with Crippen molar-refractivity contribution in [3.8, 4) is 0 Å². The van der Waals surface area contributed by atoms with Crippen LogP contribution in [0.15, 0.2) is 15.9 Å². The number of rotatable bonds is 4. The minimum atomic E-state index is 0.681. The lowest BCUT2D eigenvalue weighted by atomic mass is 9.82. The van der Waals surface area contributed by atoms with Gasteiger partial charge in [0.25, 0.3) is 0 Å². The van der Waals surface area contributed by atoms with Crippen molar-refractivity contribution in [1.82, 2.24) is 5.32 Å². The zero-order chi connectivity index (χ0) is 11.8. The second-order valence-corrected chi connectivity index (χ2v) is 7.48. The van der Waals surface area contributed by atoms with Crippen LogP contribution in [0, 0.1) is 17.8 Å². The van der Waals surface area contributed by atoms with E-state index in [2.05, 4.69) is 39.7 Å². The van der Waals surface area contributed by atoms with Crippen molar-refractivity contribution in [2.24, 2.45) is 17.8 Å². The molecule has 17 heavy (non-hydrogen) atoms. The molecule has 0 radical (unpaired) electrons. The van der Waals surface area contributed by atoms with Gasteiger partial charge in [0.15, 0.2) is 0 Å². The van der Waals surface area contributed by atoms with Crippen molar-refractivity contribution < 1.29 is 0 Å². The summed E-state index contributed by atoms with van der Waals surface area (Å²) in [5.41, 5.74) is 0. The molecule has 94 valence electrons. The predicted octanol–water partition coefficient (Wildman–Crippen LogP) is 4.08. The van der Waals surface area contributed by atoms with Crippen LogP contribution < -0.4 is 5.32 Å². The Morgan fingerprint density at radius 2 is 2.35 bits per heavy atom. The van der Waals surface area contributed by atoms with Crippen molar-refractivity contribution in [2.75, 3.05) is 7.05 Å². The first-order valence-corrected chi connectivity index (χ1v) is 8.34. The van der Waals surface area contributed by atoms with Crippen LogP contribution in [0.2, 0.25) is 0 Å². The third-order valence-corrected chi connectivity index (χ3v) is 6.73. The van der Waals surface area contributed by atoms with E-state index in [1.54, 1.807) is 0 Å². The Balaban J connectivity index is 1.70. The van der Waals surface area contributed by atoms with E-state index < -0.39 is 0 Å². The molecule has 3 rings (SSSR count). The molecule has 4 unspecified atom stereocenters. The highest BCUT2D eigenvalue weighted by atomic mass is 79.9. The van der Waals surface area contributed by atoms with Crippen LogP contribution in [0.5, 0.6) is 0 Å². The van der Waals surface area contributed by atoms with Gasteiger partial charge in [-0.25, -0.2) is 0 Å². The molecule has 2 fully saturated rings.